The molecule has 2 aliphatic rings. The monoisotopic (exact) mass is 345 g/mol. The van der Waals surface area contributed by atoms with Gasteiger partial charge in [0.05, 0.1) is 6.20 Å². The van der Waals surface area contributed by atoms with Crippen LogP contribution in [0.5, 0.6) is 0 Å². The SMILES string of the molecule is CN(C)c1nc(N2CCCC2)ncc1NC(=O)CCC1CCCCC1. The molecule has 2 heterocycles. The molecule has 0 spiro atoms. The second kappa shape index (κ2) is 8.50. The van der Waals surface area contributed by atoms with Gasteiger partial charge in [0.2, 0.25) is 11.9 Å². The molecule has 0 bridgehead atoms. The highest BCUT2D eigenvalue weighted by Crippen LogP contribution is 2.28. The van der Waals surface area contributed by atoms with Crippen LogP contribution >= 0.6 is 0 Å². The molecule has 1 aliphatic heterocycles. The summed E-state index contributed by atoms with van der Waals surface area (Å²) in [4.78, 5) is 25.7. The molecule has 1 aromatic rings. The number of carbonyl (C=O) groups is 1. The number of hydrogen-bond donors (Lipinski definition) is 1. The van der Waals surface area contributed by atoms with Crippen LogP contribution in [0.4, 0.5) is 17.5 Å². The van der Waals surface area contributed by atoms with E-state index in [1.165, 1.54) is 44.9 Å². The Bertz CT molecular complexity index is 577. The van der Waals surface area contributed by atoms with Crippen LogP contribution in [0.2, 0.25) is 0 Å². The van der Waals surface area contributed by atoms with Crippen molar-refractivity contribution in [3.05, 3.63) is 6.20 Å². The van der Waals surface area contributed by atoms with Crippen LogP contribution in [0.3, 0.4) is 0 Å². The Morgan fingerprint density at radius 1 is 1.20 bits per heavy atom. The van der Waals surface area contributed by atoms with E-state index < -0.39 is 0 Å². The van der Waals surface area contributed by atoms with Crippen LogP contribution < -0.4 is 15.1 Å². The van der Waals surface area contributed by atoms with Gasteiger partial charge in [0.15, 0.2) is 5.82 Å². The number of amides is 1. The fourth-order valence-electron chi connectivity index (χ4n) is 3.89. The predicted molar refractivity (Wildman–Crippen MR) is 102 cm³/mol. The van der Waals surface area contributed by atoms with E-state index in [9.17, 15) is 4.79 Å². The third-order valence-electron chi connectivity index (χ3n) is 5.35. The molecule has 1 amide bonds. The number of nitrogens with one attached hydrogen (secondary N) is 1. The zero-order chi connectivity index (χ0) is 17.6. The lowest BCUT2D eigenvalue weighted by Gasteiger charge is -2.22. The summed E-state index contributed by atoms with van der Waals surface area (Å²) in [6, 6.07) is 0. The van der Waals surface area contributed by atoms with Crippen molar-refractivity contribution in [1.29, 1.82) is 0 Å². The van der Waals surface area contributed by atoms with Crippen molar-refractivity contribution < 1.29 is 4.79 Å². The van der Waals surface area contributed by atoms with Gasteiger partial charge in [-0.1, -0.05) is 32.1 Å². The summed E-state index contributed by atoms with van der Waals surface area (Å²) in [7, 11) is 3.90. The summed E-state index contributed by atoms with van der Waals surface area (Å²) in [6.07, 6.45) is 12.3. The minimum atomic E-state index is 0.0752. The van der Waals surface area contributed by atoms with Gasteiger partial charge in [0.1, 0.15) is 5.69 Å². The number of hydrogen-bond acceptors (Lipinski definition) is 5. The van der Waals surface area contributed by atoms with Gasteiger partial charge in [-0.3, -0.25) is 4.79 Å². The van der Waals surface area contributed by atoms with Gasteiger partial charge >= 0.3 is 0 Å². The summed E-state index contributed by atoms with van der Waals surface area (Å²) in [6.45, 7) is 2.03. The number of anilines is 3. The van der Waals surface area contributed by atoms with Crippen LogP contribution in [0.15, 0.2) is 6.20 Å². The molecule has 0 radical (unpaired) electrons. The van der Waals surface area contributed by atoms with Crippen molar-refractivity contribution >= 4 is 23.4 Å². The standard InChI is InChI=1S/C19H31N5O/c1-23(2)18-16(14-20-19(22-18)24-12-6-7-13-24)21-17(25)11-10-15-8-4-3-5-9-15/h14-15H,3-13H2,1-2H3,(H,21,25). The van der Waals surface area contributed by atoms with Crippen molar-refractivity contribution in [1.82, 2.24) is 9.97 Å². The smallest absolute Gasteiger partial charge is 0.227 e. The highest BCUT2D eigenvalue weighted by Gasteiger charge is 2.19. The zero-order valence-corrected chi connectivity index (χ0v) is 15.6. The molecule has 1 N–H and O–H groups in total. The summed E-state index contributed by atoms with van der Waals surface area (Å²) in [5.74, 6) is 2.34. The topological polar surface area (TPSA) is 61.4 Å². The quantitative estimate of drug-likeness (QED) is 0.856. The number of carbonyl (C=O) groups excluding carboxylic acids is 1. The van der Waals surface area contributed by atoms with Crippen LogP contribution in [0.1, 0.15) is 57.8 Å². The maximum atomic E-state index is 12.4. The molecule has 6 nitrogen and oxygen atoms in total. The first-order valence-corrected chi connectivity index (χ1v) is 9.72. The van der Waals surface area contributed by atoms with E-state index in [4.69, 9.17) is 0 Å². The molecular weight excluding hydrogens is 314 g/mol. The highest BCUT2D eigenvalue weighted by atomic mass is 16.1. The van der Waals surface area contributed by atoms with Gasteiger partial charge in [-0.15, -0.1) is 0 Å². The largest absolute Gasteiger partial charge is 0.361 e. The summed E-state index contributed by atoms with van der Waals surface area (Å²) in [5.41, 5.74) is 0.710. The van der Waals surface area contributed by atoms with Crippen LogP contribution in [0.25, 0.3) is 0 Å². The van der Waals surface area contributed by atoms with Crippen molar-refractivity contribution in [2.24, 2.45) is 5.92 Å². The van der Waals surface area contributed by atoms with Crippen molar-refractivity contribution in [2.45, 2.75) is 57.8 Å². The minimum Gasteiger partial charge on any atom is -0.361 e. The second-order valence-corrected chi connectivity index (χ2v) is 7.59. The summed E-state index contributed by atoms with van der Waals surface area (Å²) >= 11 is 0. The third-order valence-corrected chi connectivity index (χ3v) is 5.35. The second-order valence-electron chi connectivity index (χ2n) is 7.59. The normalized spacial score (nSPS) is 18.4. The molecule has 0 unspecified atom stereocenters. The Labute approximate surface area is 151 Å². The number of rotatable bonds is 6. The molecule has 2 fully saturated rings. The van der Waals surface area contributed by atoms with E-state index in [0.717, 1.165) is 37.2 Å². The van der Waals surface area contributed by atoms with Gasteiger partial charge < -0.3 is 15.1 Å². The van der Waals surface area contributed by atoms with Crippen LogP contribution in [-0.4, -0.2) is 43.1 Å². The Kier molecular flexibility index (Phi) is 6.10. The van der Waals surface area contributed by atoms with E-state index in [0.29, 0.717) is 12.1 Å². The number of nitrogens with zero attached hydrogens (tertiary/aromatic N) is 4. The predicted octanol–water partition coefficient (Wildman–Crippen LogP) is 3.44. The molecule has 25 heavy (non-hydrogen) atoms. The van der Waals surface area contributed by atoms with Gasteiger partial charge in [0.25, 0.3) is 0 Å². The first-order chi connectivity index (χ1) is 12.1. The number of aromatic nitrogens is 2. The third kappa shape index (κ3) is 4.83. The van der Waals surface area contributed by atoms with Crippen LogP contribution in [-0.2, 0) is 4.79 Å². The first-order valence-electron chi connectivity index (χ1n) is 9.72. The fourth-order valence-corrected chi connectivity index (χ4v) is 3.89. The van der Waals surface area contributed by atoms with E-state index in [-0.39, 0.29) is 5.91 Å². The maximum Gasteiger partial charge on any atom is 0.227 e. The molecule has 1 aromatic heterocycles. The van der Waals surface area contributed by atoms with Crippen molar-refractivity contribution in [2.75, 3.05) is 42.3 Å². The van der Waals surface area contributed by atoms with E-state index in [1.54, 1.807) is 6.20 Å². The molecule has 0 atom stereocenters. The van der Waals surface area contributed by atoms with Gasteiger partial charge in [0, 0.05) is 33.6 Å². The lowest BCUT2D eigenvalue weighted by atomic mass is 9.86. The average Bonchev–Trinajstić information content (AvgIpc) is 3.16. The van der Waals surface area contributed by atoms with E-state index >= 15 is 0 Å². The lowest BCUT2D eigenvalue weighted by Crippen LogP contribution is -2.24. The Balaban J connectivity index is 1.61. The lowest BCUT2D eigenvalue weighted by molar-refractivity contribution is -0.116. The van der Waals surface area contributed by atoms with Gasteiger partial charge in [-0.25, -0.2) is 4.98 Å². The summed E-state index contributed by atoms with van der Waals surface area (Å²) < 4.78 is 0. The molecule has 6 heteroatoms. The van der Waals surface area contributed by atoms with E-state index in [2.05, 4.69) is 20.2 Å². The maximum absolute atomic E-state index is 12.4. The molecule has 1 saturated carbocycles. The Hall–Kier alpha value is -1.85. The minimum absolute atomic E-state index is 0.0752. The van der Waals surface area contributed by atoms with Crippen LogP contribution in [0, 0.1) is 5.92 Å². The Morgan fingerprint density at radius 2 is 1.92 bits per heavy atom. The van der Waals surface area contributed by atoms with Gasteiger partial charge in [-0.2, -0.15) is 4.98 Å². The molecular formula is C19H31N5O. The van der Waals surface area contributed by atoms with E-state index in [1.807, 2.05) is 19.0 Å². The summed E-state index contributed by atoms with van der Waals surface area (Å²) in [5, 5.41) is 3.03. The van der Waals surface area contributed by atoms with Gasteiger partial charge in [-0.05, 0) is 25.2 Å². The van der Waals surface area contributed by atoms with Crippen molar-refractivity contribution in [3.63, 3.8) is 0 Å². The van der Waals surface area contributed by atoms with Crippen molar-refractivity contribution in [3.8, 4) is 0 Å². The fraction of sp³-hybridized carbons (Fsp3) is 0.737. The zero-order valence-electron chi connectivity index (χ0n) is 15.6. The highest BCUT2D eigenvalue weighted by molar-refractivity contribution is 5.93. The first kappa shape index (κ1) is 18.0. The molecule has 0 aromatic carbocycles. The molecule has 3 rings (SSSR count). The molecule has 138 valence electrons. The average molecular weight is 345 g/mol. The molecule has 1 aliphatic carbocycles. The molecule has 1 saturated heterocycles. The Morgan fingerprint density at radius 3 is 2.60 bits per heavy atom.